The molecule has 1 saturated heterocycles. The maximum absolute atomic E-state index is 13.0. The van der Waals surface area contributed by atoms with Gasteiger partial charge in [-0.25, -0.2) is 4.68 Å². The molecule has 0 aliphatic carbocycles. The van der Waals surface area contributed by atoms with Crippen LogP contribution in [-0.4, -0.2) is 28.8 Å². The first-order chi connectivity index (χ1) is 13.2. The van der Waals surface area contributed by atoms with Gasteiger partial charge in [0.2, 0.25) is 0 Å². The zero-order valence-electron chi connectivity index (χ0n) is 15.9. The lowest BCUT2D eigenvalue weighted by Crippen LogP contribution is -2.29. The van der Waals surface area contributed by atoms with E-state index in [1.54, 1.807) is 6.20 Å². The van der Waals surface area contributed by atoms with Gasteiger partial charge >= 0.3 is 0 Å². The number of aromatic nitrogens is 2. The van der Waals surface area contributed by atoms with Gasteiger partial charge in [0.1, 0.15) is 0 Å². The molecule has 3 aromatic rings. The van der Waals surface area contributed by atoms with Gasteiger partial charge < -0.3 is 10.6 Å². The molecule has 0 unspecified atom stereocenters. The highest BCUT2D eigenvalue weighted by molar-refractivity contribution is 6.05. The third-order valence-electron chi connectivity index (χ3n) is 5.05. The molecule has 0 saturated carbocycles. The van der Waals surface area contributed by atoms with E-state index in [2.05, 4.69) is 34.8 Å². The molecule has 1 aliphatic heterocycles. The van der Waals surface area contributed by atoms with Crippen LogP contribution >= 0.6 is 12.4 Å². The summed E-state index contributed by atoms with van der Waals surface area (Å²) in [6, 6.07) is 17.8. The molecule has 1 amide bonds. The number of anilines is 1. The molecule has 6 heteroatoms. The van der Waals surface area contributed by atoms with Gasteiger partial charge in [0, 0.05) is 11.6 Å². The van der Waals surface area contributed by atoms with E-state index in [0.29, 0.717) is 11.5 Å². The van der Waals surface area contributed by atoms with Crippen molar-refractivity contribution in [3.8, 4) is 5.69 Å². The number of amides is 1. The summed E-state index contributed by atoms with van der Waals surface area (Å²) in [5.41, 5.74) is 4.64. The number of carbonyl (C=O) groups is 1. The largest absolute Gasteiger partial charge is 0.322 e. The summed E-state index contributed by atoms with van der Waals surface area (Å²) >= 11 is 0. The standard InChI is InChI=1S/C22H24N4O.ClH/c1-16-6-5-9-19(14-16)26-21(17-10-12-23-13-11-17)20(15-24-26)22(27)25-18-7-3-2-4-8-18;/h2-9,14-15,17,23H,10-13H2,1H3,(H,25,27);1H. The molecule has 1 fully saturated rings. The van der Waals surface area contributed by atoms with Crippen LogP contribution in [0.1, 0.15) is 40.4 Å². The molecule has 4 rings (SSSR count). The predicted molar refractivity (Wildman–Crippen MR) is 115 cm³/mol. The highest BCUT2D eigenvalue weighted by Gasteiger charge is 2.27. The van der Waals surface area contributed by atoms with E-state index >= 15 is 0 Å². The minimum absolute atomic E-state index is 0. The fourth-order valence-corrected chi connectivity index (χ4v) is 3.71. The summed E-state index contributed by atoms with van der Waals surface area (Å²) in [5.74, 6) is 0.208. The topological polar surface area (TPSA) is 59.0 Å². The molecule has 28 heavy (non-hydrogen) atoms. The third kappa shape index (κ3) is 4.26. The normalized spacial score (nSPS) is 14.3. The van der Waals surface area contributed by atoms with Crippen molar-refractivity contribution in [1.29, 1.82) is 0 Å². The summed E-state index contributed by atoms with van der Waals surface area (Å²) < 4.78 is 1.95. The van der Waals surface area contributed by atoms with Crippen LogP contribution < -0.4 is 10.6 Å². The molecule has 1 aromatic heterocycles. The zero-order valence-corrected chi connectivity index (χ0v) is 16.7. The van der Waals surface area contributed by atoms with Crippen molar-refractivity contribution in [1.82, 2.24) is 15.1 Å². The number of benzene rings is 2. The summed E-state index contributed by atoms with van der Waals surface area (Å²) in [6.07, 6.45) is 3.71. The molecule has 0 radical (unpaired) electrons. The maximum Gasteiger partial charge on any atom is 0.259 e. The van der Waals surface area contributed by atoms with Crippen molar-refractivity contribution in [2.45, 2.75) is 25.7 Å². The van der Waals surface area contributed by atoms with Crippen molar-refractivity contribution < 1.29 is 4.79 Å². The summed E-state index contributed by atoms with van der Waals surface area (Å²) in [4.78, 5) is 13.0. The molecule has 2 heterocycles. The van der Waals surface area contributed by atoms with Crippen molar-refractivity contribution in [2.75, 3.05) is 18.4 Å². The Hall–Kier alpha value is -2.63. The molecule has 5 nitrogen and oxygen atoms in total. The van der Waals surface area contributed by atoms with Crippen molar-refractivity contribution in [2.24, 2.45) is 0 Å². The van der Waals surface area contributed by atoms with Gasteiger partial charge in [-0.05, 0) is 62.7 Å². The van der Waals surface area contributed by atoms with Gasteiger partial charge in [0.05, 0.1) is 23.1 Å². The molecular weight excluding hydrogens is 372 g/mol. The van der Waals surface area contributed by atoms with Gasteiger partial charge in [-0.1, -0.05) is 30.3 Å². The first-order valence-corrected chi connectivity index (χ1v) is 9.44. The number of aryl methyl sites for hydroxylation is 1. The Bertz CT molecular complexity index is 933. The van der Waals surface area contributed by atoms with Crippen molar-refractivity contribution >= 4 is 24.0 Å². The fraction of sp³-hybridized carbons (Fsp3) is 0.273. The van der Waals surface area contributed by atoms with Crippen LogP contribution in [0, 0.1) is 6.92 Å². The zero-order chi connectivity index (χ0) is 18.6. The molecule has 0 bridgehead atoms. The average Bonchev–Trinajstić information content (AvgIpc) is 3.15. The molecule has 2 aromatic carbocycles. The maximum atomic E-state index is 13.0. The fourth-order valence-electron chi connectivity index (χ4n) is 3.71. The van der Waals surface area contributed by atoms with Gasteiger partial charge in [-0.15, -0.1) is 12.4 Å². The highest BCUT2D eigenvalue weighted by atomic mass is 35.5. The molecule has 1 aliphatic rings. The Balaban J connectivity index is 0.00000225. The molecular formula is C22H25ClN4O. The van der Waals surface area contributed by atoms with E-state index in [0.717, 1.165) is 43.0 Å². The minimum Gasteiger partial charge on any atom is -0.322 e. The Morgan fingerprint density at radius 1 is 1.11 bits per heavy atom. The summed E-state index contributed by atoms with van der Waals surface area (Å²) in [6.45, 7) is 3.99. The minimum atomic E-state index is -0.103. The summed E-state index contributed by atoms with van der Waals surface area (Å²) in [5, 5.41) is 11.0. The van der Waals surface area contributed by atoms with Crippen LogP contribution in [0.2, 0.25) is 0 Å². The lowest BCUT2D eigenvalue weighted by atomic mass is 9.91. The van der Waals surface area contributed by atoms with E-state index in [1.165, 1.54) is 5.56 Å². The quantitative estimate of drug-likeness (QED) is 0.690. The Morgan fingerprint density at radius 2 is 1.86 bits per heavy atom. The number of nitrogens with one attached hydrogen (secondary N) is 2. The van der Waals surface area contributed by atoms with Gasteiger partial charge in [0.25, 0.3) is 5.91 Å². The van der Waals surface area contributed by atoms with Crippen molar-refractivity contribution in [3.05, 3.63) is 77.6 Å². The number of hydrogen-bond acceptors (Lipinski definition) is 3. The monoisotopic (exact) mass is 396 g/mol. The van der Waals surface area contributed by atoms with E-state index in [-0.39, 0.29) is 18.3 Å². The average molecular weight is 397 g/mol. The Labute approximate surface area is 171 Å². The number of para-hydroxylation sites is 1. The smallest absolute Gasteiger partial charge is 0.259 e. The van der Waals surface area contributed by atoms with Crippen molar-refractivity contribution in [3.63, 3.8) is 0 Å². The lowest BCUT2D eigenvalue weighted by Gasteiger charge is -2.24. The number of carbonyl (C=O) groups excluding carboxylic acids is 1. The second-order valence-corrected chi connectivity index (χ2v) is 7.04. The third-order valence-corrected chi connectivity index (χ3v) is 5.05. The number of rotatable bonds is 4. The van der Waals surface area contributed by atoms with Crippen LogP contribution in [0.4, 0.5) is 5.69 Å². The number of nitrogens with zero attached hydrogens (tertiary/aromatic N) is 2. The van der Waals surface area contributed by atoms with Gasteiger partial charge in [-0.2, -0.15) is 5.10 Å². The van der Waals surface area contributed by atoms with Crippen LogP contribution in [0.15, 0.2) is 60.8 Å². The van der Waals surface area contributed by atoms with Crippen LogP contribution in [0.5, 0.6) is 0 Å². The number of hydrogen-bond donors (Lipinski definition) is 2. The molecule has 2 N–H and O–H groups in total. The second-order valence-electron chi connectivity index (χ2n) is 7.04. The first-order valence-electron chi connectivity index (χ1n) is 9.44. The summed E-state index contributed by atoms with van der Waals surface area (Å²) in [7, 11) is 0. The second kappa shape index (κ2) is 9.04. The van der Waals surface area contributed by atoms with Crippen LogP contribution in [0.25, 0.3) is 5.69 Å². The molecule has 146 valence electrons. The Morgan fingerprint density at radius 3 is 2.57 bits per heavy atom. The van der Waals surface area contributed by atoms with Gasteiger partial charge in [0.15, 0.2) is 0 Å². The predicted octanol–water partition coefficient (Wildman–Crippen LogP) is 4.32. The number of halogens is 1. The molecule has 0 spiro atoms. The van der Waals surface area contributed by atoms with E-state index in [9.17, 15) is 4.79 Å². The van der Waals surface area contributed by atoms with Crippen LogP contribution in [0.3, 0.4) is 0 Å². The van der Waals surface area contributed by atoms with E-state index < -0.39 is 0 Å². The SMILES string of the molecule is Cc1cccc(-n2ncc(C(=O)Nc3ccccc3)c2C2CCNCC2)c1.Cl. The Kier molecular flexibility index (Phi) is 6.49. The lowest BCUT2D eigenvalue weighted by molar-refractivity contribution is 0.102. The van der Waals surface area contributed by atoms with E-state index in [1.807, 2.05) is 47.1 Å². The van der Waals surface area contributed by atoms with Crippen LogP contribution in [-0.2, 0) is 0 Å². The molecule has 0 atom stereocenters. The first kappa shape index (κ1) is 20.1. The van der Waals surface area contributed by atoms with Gasteiger partial charge in [-0.3, -0.25) is 4.79 Å². The number of piperidine rings is 1. The van der Waals surface area contributed by atoms with E-state index in [4.69, 9.17) is 0 Å². The highest BCUT2D eigenvalue weighted by Crippen LogP contribution is 2.30.